The Morgan fingerprint density at radius 2 is 2.00 bits per heavy atom. The van der Waals surface area contributed by atoms with Crippen molar-refractivity contribution in [1.29, 1.82) is 0 Å². The third-order valence-electron chi connectivity index (χ3n) is 6.11. The quantitative estimate of drug-likeness (QED) is 0.719. The zero-order chi connectivity index (χ0) is 22.1. The van der Waals surface area contributed by atoms with Crippen LogP contribution in [-0.2, 0) is 20.6 Å². The Labute approximate surface area is 171 Å². The molecule has 3 N–H and O–H groups in total. The fourth-order valence-corrected chi connectivity index (χ4v) is 4.41. The highest BCUT2D eigenvalue weighted by molar-refractivity contribution is 5.98. The number of nitrogens with one attached hydrogen (secondary N) is 1. The molecule has 0 aromatic heterocycles. The summed E-state index contributed by atoms with van der Waals surface area (Å²) in [5, 5.41) is 2.52. The van der Waals surface area contributed by atoms with Gasteiger partial charge >= 0.3 is 12.1 Å². The lowest BCUT2D eigenvalue weighted by atomic mass is 9.71. The van der Waals surface area contributed by atoms with Crippen LogP contribution in [0.3, 0.4) is 0 Å². The van der Waals surface area contributed by atoms with Crippen LogP contribution in [-0.4, -0.2) is 41.3 Å². The van der Waals surface area contributed by atoms with E-state index >= 15 is 0 Å². The highest BCUT2D eigenvalue weighted by Crippen LogP contribution is 2.41. The SMILES string of the molecule is CC1(C(=O)ON)CCCCC1N1CC[C@H](NC(=O)c2cccc(C(F)(F)F)c2)C1=O. The van der Waals surface area contributed by atoms with E-state index in [1.807, 2.05) is 0 Å². The van der Waals surface area contributed by atoms with Gasteiger partial charge in [-0.25, -0.2) is 4.79 Å². The van der Waals surface area contributed by atoms with Crippen molar-refractivity contribution < 1.29 is 32.4 Å². The first-order chi connectivity index (χ1) is 14.1. The molecule has 1 aromatic carbocycles. The molecule has 30 heavy (non-hydrogen) atoms. The van der Waals surface area contributed by atoms with Gasteiger partial charge in [-0.3, -0.25) is 9.59 Å². The summed E-state index contributed by atoms with van der Waals surface area (Å²) in [6.45, 7) is 2.04. The molecule has 164 valence electrons. The van der Waals surface area contributed by atoms with E-state index in [0.29, 0.717) is 25.8 Å². The van der Waals surface area contributed by atoms with Crippen LogP contribution in [0.4, 0.5) is 13.2 Å². The number of alkyl halides is 3. The summed E-state index contributed by atoms with van der Waals surface area (Å²) in [4.78, 5) is 43.7. The van der Waals surface area contributed by atoms with E-state index in [1.54, 1.807) is 11.8 Å². The Morgan fingerprint density at radius 3 is 2.67 bits per heavy atom. The van der Waals surface area contributed by atoms with Gasteiger partial charge in [0.15, 0.2) is 0 Å². The van der Waals surface area contributed by atoms with Gasteiger partial charge in [0.05, 0.1) is 11.0 Å². The average molecular weight is 427 g/mol. The number of carbonyl (C=O) groups is 3. The van der Waals surface area contributed by atoms with E-state index in [4.69, 9.17) is 5.90 Å². The van der Waals surface area contributed by atoms with Gasteiger partial charge in [0.2, 0.25) is 5.91 Å². The number of amides is 2. The van der Waals surface area contributed by atoms with Crippen molar-refractivity contribution in [3.63, 3.8) is 0 Å². The molecule has 2 amide bonds. The molecule has 10 heteroatoms. The van der Waals surface area contributed by atoms with Gasteiger partial charge in [-0.15, -0.1) is 0 Å². The Balaban J connectivity index is 1.73. The van der Waals surface area contributed by atoms with Crippen LogP contribution in [0, 0.1) is 5.41 Å². The van der Waals surface area contributed by atoms with Crippen LogP contribution in [0.1, 0.15) is 54.9 Å². The number of hydrogen-bond donors (Lipinski definition) is 2. The highest BCUT2D eigenvalue weighted by Gasteiger charge is 2.50. The molecule has 0 radical (unpaired) electrons. The van der Waals surface area contributed by atoms with Gasteiger partial charge in [-0.2, -0.15) is 19.1 Å². The van der Waals surface area contributed by atoms with Crippen LogP contribution in [0.25, 0.3) is 0 Å². The first-order valence-corrected chi connectivity index (χ1v) is 9.77. The first kappa shape index (κ1) is 22.1. The van der Waals surface area contributed by atoms with Crippen LogP contribution in [0.5, 0.6) is 0 Å². The normalized spacial score (nSPS) is 27.1. The fraction of sp³-hybridized carbons (Fsp3) is 0.550. The number of rotatable bonds is 4. The zero-order valence-corrected chi connectivity index (χ0v) is 16.5. The molecule has 2 fully saturated rings. The second-order valence-corrected chi connectivity index (χ2v) is 8.01. The van der Waals surface area contributed by atoms with E-state index < -0.39 is 41.1 Å². The molecule has 1 aliphatic heterocycles. The molecule has 0 bridgehead atoms. The summed E-state index contributed by atoms with van der Waals surface area (Å²) < 4.78 is 38.7. The lowest BCUT2D eigenvalue weighted by Crippen LogP contribution is -2.55. The third kappa shape index (κ3) is 4.14. The minimum atomic E-state index is -4.57. The molecule has 2 aliphatic rings. The second kappa shape index (κ2) is 8.25. The Bertz CT molecular complexity index is 845. The maximum absolute atomic E-state index is 12.9. The minimum absolute atomic E-state index is 0.176. The topological polar surface area (TPSA) is 102 Å². The van der Waals surface area contributed by atoms with Gasteiger partial charge in [0, 0.05) is 18.2 Å². The van der Waals surface area contributed by atoms with E-state index in [2.05, 4.69) is 10.2 Å². The van der Waals surface area contributed by atoms with Crippen LogP contribution in [0.15, 0.2) is 24.3 Å². The van der Waals surface area contributed by atoms with Crippen molar-refractivity contribution >= 4 is 17.8 Å². The van der Waals surface area contributed by atoms with Crippen molar-refractivity contribution in [3.8, 4) is 0 Å². The molecule has 2 unspecified atom stereocenters. The Kier molecular flexibility index (Phi) is 6.07. The summed E-state index contributed by atoms with van der Waals surface area (Å²) >= 11 is 0. The van der Waals surface area contributed by atoms with E-state index in [-0.39, 0.29) is 11.5 Å². The van der Waals surface area contributed by atoms with Crippen molar-refractivity contribution in [3.05, 3.63) is 35.4 Å². The zero-order valence-electron chi connectivity index (χ0n) is 16.5. The largest absolute Gasteiger partial charge is 0.416 e. The molecule has 7 nitrogen and oxygen atoms in total. The predicted molar refractivity (Wildman–Crippen MR) is 99.7 cm³/mol. The van der Waals surface area contributed by atoms with Crippen LogP contribution >= 0.6 is 0 Å². The Hall–Kier alpha value is -2.62. The van der Waals surface area contributed by atoms with Gasteiger partial charge < -0.3 is 15.1 Å². The lowest BCUT2D eigenvalue weighted by molar-refractivity contribution is -0.164. The minimum Gasteiger partial charge on any atom is -0.373 e. The van der Waals surface area contributed by atoms with Crippen molar-refractivity contribution in [2.45, 2.75) is 57.3 Å². The van der Waals surface area contributed by atoms with Crippen molar-refractivity contribution in [1.82, 2.24) is 10.2 Å². The average Bonchev–Trinajstić information content (AvgIpc) is 3.07. The van der Waals surface area contributed by atoms with Crippen molar-refractivity contribution in [2.75, 3.05) is 6.54 Å². The second-order valence-electron chi connectivity index (χ2n) is 8.01. The van der Waals surface area contributed by atoms with Gasteiger partial charge in [0.25, 0.3) is 5.91 Å². The van der Waals surface area contributed by atoms with E-state index in [0.717, 1.165) is 31.0 Å². The molecular formula is C20H24F3N3O4. The third-order valence-corrected chi connectivity index (χ3v) is 6.11. The van der Waals surface area contributed by atoms with Gasteiger partial charge in [-0.1, -0.05) is 18.9 Å². The molecule has 1 heterocycles. The summed E-state index contributed by atoms with van der Waals surface area (Å²) in [7, 11) is 0. The maximum atomic E-state index is 12.9. The van der Waals surface area contributed by atoms with Crippen LogP contribution in [0.2, 0.25) is 0 Å². The number of carbonyl (C=O) groups excluding carboxylic acids is 3. The Morgan fingerprint density at radius 1 is 1.27 bits per heavy atom. The number of likely N-dealkylation sites (tertiary alicyclic amines) is 1. The van der Waals surface area contributed by atoms with Gasteiger partial charge in [-0.05, 0) is 44.4 Å². The summed E-state index contributed by atoms with van der Waals surface area (Å²) in [5.41, 5.74) is -2.05. The number of benzene rings is 1. The molecule has 3 atom stereocenters. The van der Waals surface area contributed by atoms with Crippen molar-refractivity contribution in [2.24, 2.45) is 11.3 Å². The van der Waals surface area contributed by atoms with Gasteiger partial charge in [0.1, 0.15) is 6.04 Å². The number of nitrogens with two attached hydrogens (primary N) is 1. The summed E-state index contributed by atoms with van der Waals surface area (Å²) in [6, 6.07) is 2.75. The number of nitrogens with zero attached hydrogens (tertiary/aromatic N) is 1. The first-order valence-electron chi connectivity index (χ1n) is 9.77. The molecule has 0 spiro atoms. The molecule has 1 saturated heterocycles. The standard InChI is InChI=1S/C20H24F3N3O4/c1-19(18(29)30-24)9-3-2-7-15(19)26-10-8-14(17(26)28)25-16(27)12-5-4-6-13(11-12)20(21,22)23/h4-6,11,14-15H,2-3,7-10,24H2,1H3,(H,25,27)/t14-,15?,19?/m0/s1. The smallest absolute Gasteiger partial charge is 0.373 e. The summed E-state index contributed by atoms with van der Waals surface area (Å²) in [5.74, 6) is 3.39. The highest BCUT2D eigenvalue weighted by atomic mass is 19.4. The van der Waals surface area contributed by atoms with E-state index in [1.165, 1.54) is 6.07 Å². The van der Waals surface area contributed by atoms with Crippen LogP contribution < -0.4 is 11.2 Å². The predicted octanol–water partition coefficient (Wildman–Crippen LogP) is 2.40. The lowest BCUT2D eigenvalue weighted by Gasteiger charge is -2.43. The maximum Gasteiger partial charge on any atom is 0.416 e. The summed E-state index contributed by atoms with van der Waals surface area (Å²) in [6.07, 6.45) is -1.50. The monoisotopic (exact) mass is 427 g/mol. The molecule has 1 aromatic rings. The number of halogens is 3. The number of hydrogen-bond acceptors (Lipinski definition) is 5. The fourth-order valence-electron chi connectivity index (χ4n) is 4.41. The van der Waals surface area contributed by atoms with E-state index in [9.17, 15) is 27.6 Å². The molecule has 1 aliphatic carbocycles. The molecule has 1 saturated carbocycles. The molecule has 3 rings (SSSR count). The molecular weight excluding hydrogens is 403 g/mol.